The number of fused-ring (bicyclic) bond motifs is 3. The Labute approximate surface area is 172 Å². The molecule has 1 aromatic carbocycles. The summed E-state index contributed by atoms with van der Waals surface area (Å²) in [6.45, 7) is 4.71. The van der Waals surface area contributed by atoms with E-state index in [-0.39, 0.29) is 0 Å². The van der Waals surface area contributed by atoms with E-state index in [2.05, 4.69) is 59.8 Å². The molecule has 2 aliphatic rings. The summed E-state index contributed by atoms with van der Waals surface area (Å²) in [5.74, 6) is 0. The van der Waals surface area contributed by atoms with Gasteiger partial charge in [-0.05, 0) is 56.0 Å². The van der Waals surface area contributed by atoms with Gasteiger partial charge in [0.25, 0.3) is 0 Å². The highest BCUT2D eigenvalue weighted by Crippen LogP contribution is 2.42. The maximum atomic E-state index is 3.03. The number of piperidine rings is 2. The lowest BCUT2D eigenvalue weighted by atomic mass is 9.79. The second-order valence-corrected chi connectivity index (χ2v) is 9.38. The standard InChI is InChI=1S/C26H40N2/c1-3-5-6-7-13-22(11-4-2)28-23-14-10-15-24(28)20-25(19-23)27-18-17-21-12-8-9-16-26(21)27/h8-9,12,16-18,22-25H,3-7,10-11,13-15,19-20H2,1-2H3. The van der Waals surface area contributed by atoms with Crippen LogP contribution in [0, 0.1) is 0 Å². The van der Waals surface area contributed by atoms with E-state index in [1.54, 1.807) is 0 Å². The Hall–Kier alpha value is -1.28. The average Bonchev–Trinajstić information content (AvgIpc) is 3.14. The molecule has 4 rings (SSSR count). The summed E-state index contributed by atoms with van der Waals surface area (Å²) < 4.78 is 2.61. The summed E-state index contributed by atoms with van der Waals surface area (Å²) in [7, 11) is 0. The minimum absolute atomic E-state index is 0.689. The number of para-hydroxylation sites is 1. The first-order valence-corrected chi connectivity index (χ1v) is 12.1. The quantitative estimate of drug-likeness (QED) is 0.413. The van der Waals surface area contributed by atoms with Crippen molar-refractivity contribution < 1.29 is 0 Å². The third-order valence-electron chi connectivity index (χ3n) is 7.46. The van der Waals surface area contributed by atoms with Gasteiger partial charge in [-0.1, -0.05) is 70.6 Å². The molecular formula is C26H40N2. The molecule has 3 unspecified atom stereocenters. The topological polar surface area (TPSA) is 8.17 Å². The molecule has 0 amide bonds. The molecule has 154 valence electrons. The molecule has 0 N–H and O–H groups in total. The summed E-state index contributed by atoms with van der Waals surface area (Å²) in [6, 6.07) is 14.4. The van der Waals surface area contributed by atoms with Crippen LogP contribution in [0.4, 0.5) is 0 Å². The van der Waals surface area contributed by atoms with Crippen LogP contribution in [-0.2, 0) is 0 Å². The Morgan fingerprint density at radius 2 is 1.64 bits per heavy atom. The first kappa shape index (κ1) is 20.0. The average molecular weight is 381 g/mol. The minimum atomic E-state index is 0.689. The highest BCUT2D eigenvalue weighted by atomic mass is 15.2. The lowest BCUT2D eigenvalue weighted by Gasteiger charge is -2.53. The number of benzene rings is 1. The van der Waals surface area contributed by atoms with Crippen molar-refractivity contribution in [2.24, 2.45) is 0 Å². The molecule has 0 spiro atoms. The van der Waals surface area contributed by atoms with Crippen LogP contribution < -0.4 is 0 Å². The van der Waals surface area contributed by atoms with Gasteiger partial charge in [-0.25, -0.2) is 0 Å². The van der Waals surface area contributed by atoms with Crippen molar-refractivity contribution in [1.29, 1.82) is 0 Å². The first-order valence-electron chi connectivity index (χ1n) is 12.1. The number of unbranched alkanes of at least 4 members (excludes halogenated alkanes) is 3. The summed E-state index contributed by atoms with van der Waals surface area (Å²) in [5.41, 5.74) is 1.43. The Bertz CT molecular complexity index is 719. The van der Waals surface area contributed by atoms with Crippen molar-refractivity contribution in [3.63, 3.8) is 0 Å². The molecule has 2 saturated heterocycles. The Kier molecular flexibility index (Phi) is 6.77. The smallest absolute Gasteiger partial charge is 0.0482 e. The zero-order chi connectivity index (χ0) is 19.3. The van der Waals surface area contributed by atoms with Gasteiger partial charge in [0.15, 0.2) is 0 Å². The maximum Gasteiger partial charge on any atom is 0.0482 e. The predicted octanol–water partition coefficient (Wildman–Crippen LogP) is 7.34. The molecule has 28 heavy (non-hydrogen) atoms. The van der Waals surface area contributed by atoms with E-state index >= 15 is 0 Å². The van der Waals surface area contributed by atoms with Crippen molar-refractivity contribution in [3.05, 3.63) is 36.5 Å². The van der Waals surface area contributed by atoms with E-state index in [4.69, 9.17) is 0 Å². The highest BCUT2D eigenvalue weighted by molar-refractivity contribution is 5.80. The molecule has 2 bridgehead atoms. The summed E-state index contributed by atoms with van der Waals surface area (Å²) in [6.07, 6.45) is 19.1. The van der Waals surface area contributed by atoms with Gasteiger partial charge in [-0.15, -0.1) is 0 Å². The van der Waals surface area contributed by atoms with E-state index in [0.717, 1.165) is 18.1 Å². The van der Waals surface area contributed by atoms with E-state index in [1.165, 1.54) is 88.0 Å². The third kappa shape index (κ3) is 4.17. The van der Waals surface area contributed by atoms with Crippen LogP contribution in [0.1, 0.15) is 96.9 Å². The van der Waals surface area contributed by atoms with Crippen LogP contribution in [0.25, 0.3) is 10.9 Å². The number of aromatic nitrogens is 1. The zero-order valence-corrected chi connectivity index (χ0v) is 18.2. The Morgan fingerprint density at radius 3 is 2.39 bits per heavy atom. The SMILES string of the molecule is CCCCCCC(CCC)N1C2CCCC1CC(n1ccc3ccccc31)C2. The van der Waals surface area contributed by atoms with Gasteiger partial charge in [-0.3, -0.25) is 4.90 Å². The van der Waals surface area contributed by atoms with Crippen LogP contribution in [0.5, 0.6) is 0 Å². The van der Waals surface area contributed by atoms with Crippen LogP contribution in [0.2, 0.25) is 0 Å². The second kappa shape index (κ2) is 9.48. The molecule has 0 aliphatic carbocycles. The molecule has 1 aromatic heterocycles. The molecule has 2 aliphatic heterocycles. The fraction of sp³-hybridized carbons (Fsp3) is 0.692. The van der Waals surface area contributed by atoms with Gasteiger partial charge in [0.05, 0.1) is 0 Å². The summed E-state index contributed by atoms with van der Waals surface area (Å²) in [5, 5.41) is 1.40. The van der Waals surface area contributed by atoms with Gasteiger partial charge < -0.3 is 4.57 Å². The molecule has 2 aromatic rings. The summed E-state index contributed by atoms with van der Waals surface area (Å²) >= 11 is 0. The largest absolute Gasteiger partial charge is 0.344 e. The molecule has 0 saturated carbocycles. The van der Waals surface area contributed by atoms with Crippen LogP contribution in [0.3, 0.4) is 0 Å². The predicted molar refractivity (Wildman–Crippen MR) is 121 cm³/mol. The van der Waals surface area contributed by atoms with Crippen LogP contribution in [0.15, 0.2) is 36.5 Å². The Morgan fingerprint density at radius 1 is 0.857 bits per heavy atom. The Balaban J connectivity index is 1.49. The maximum absolute atomic E-state index is 3.03. The van der Waals surface area contributed by atoms with E-state index in [9.17, 15) is 0 Å². The fourth-order valence-corrected chi connectivity index (χ4v) is 6.22. The first-order chi connectivity index (χ1) is 13.8. The monoisotopic (exact) mass is 380 g/mol. The minimum Gasteiger partial charge on any atom is -0.344 e. The molecule has 3 atom stereocenters. The number of rotatable bonds is 9. The van der Waals surface area contributed by atoms with Crippen molar-refractivity contribution in [3.8, 4) is 0 Å². The molecule has 3 heterocycles. The van der Waals surface area contributed by atoms with Crippen LogP contribution >= 0.6 is 0 Å². The van der Waals surface area contributed by atoms with Gasteiger partial charge in [0.1, 0.15) is 0 Å². The molecule has 2 fully saturated rings. The highest BCUT2D eigenvalue weighted by Gasteiger charge is 2.41. The zero-order valence-electron chi connectivity index (χ0n) is 18.2. The van der Waals surface area contributed by atoms with Gasteiger partial charge >= 0.3 is 0 Å². The lowest BCUT2D eigenvalue weighted by molar-refractivity contribution is -0.0226. The van der Waals surface area contributed by atoms with Gasteiger partial charge in [-0.2, -0.15) is 0 Å². The lowest BCUT2D eigenvalue weighted by Crippen LogP contribution is -2.56. The van der Waals surface area contributed by atoms with Crippen molar-refractivity contribution in [2.75, 3.05) is 0 Å². The van der Waals surface area contributed by atoms with Crippen molar-refractivity contribution in [2.45, 2.75) is 115 Å². The second-order valence-electron chi connectivity index (χ2n) is 9.38. The van der Waals surface area contributed by atoms with Gasteiger partial charge in [0, 0.05) is 35.9 Å². The molecular weight excluding hydrogens is 340 g/mol. The van der Waals surface area contributed by atoms with Crippen molar-refractivity contribution in [1.82, 2.24) is 9.47 Å². The fourth-order valence-electron chi connectivity index (χ4n) is 6.22. The van der Waals surface area contributed by atoms with E-state index in [1.807, 2.05) is 0 Å². The van der Waals surface area contributed by atoms with Gasteiger partial charge in [0.2, 0.25) is 0 Å². The number of hydrogen-bond donors (Lipinski definition) is 0. The van der Waals surface area contributed by atoms with Crippen molar-refractivity contribution >= 4 is 10.9 Å². The van der Waals surface area contributed by atoms with Crippen LogP contribution in [-0.4, -0.2) is 27.6 Å². The number of nitrogens with zero attached hydrogens (tertiary/aromatic N) is 2. The van der Waals surface area contributed by atoms with E-state index < -0.39 is 0 Å². The summed E-state index contributed by atoms with van der Waals surface area (Å²) in [4.78, 5) is 3.03. The molecule has 0 radical (unpaired) electrons. The van der Waals surface area contributed by atoms with E-state index in [0.29, 0.717) is 6.04 Å². The third-order valence-corrected chi connectivity index (χ3v) is 7.46. The normalized spacial score (nSPS) is 26.6. The number of hydrogen-bond acceptors (Lipinski definition) is 1. The molecule has 2 heteroatoms. The molecule has 2 nitrogen and oxygen atoms in total.